The van der Waals surface area contributed by atoms with E-state index in [2.05, 4.69) is 10.2 Å². The summed E-state index contributed by atoms with van der Waals surface area (Å²) in [6.45, 7) is 2.53. The van der Waals surface area contributed by atoms with Crippen LogP contribution in [0.2, 0.25) is 0 Å². The highest BCUT2D eigenvalue weighted by molar-refractivity contribution is 6.08. The van der Waals surface area contributed by atoms with Gasteiger partial charge >= 0.3 is 5.97 Å². The molecule has 0 aromatic heterocycles. The number of ether oxygens (including phenoxy) is 2. The second kappa shape index (κ2) is 8.13. The van der Waals surface area contributed by atoms with E-state index in [-0.39, 0.29) is 16.8 Å². The van der Waals surface area contributed by atoms with Crippen molar-refractivity contribution in [3.63, 3.8) is 0 Å². The van der Waals surface area contributed by atoms with Crippen LogP contribution in [-0.4, -0.2) is 45.3 Å². The van der Waals surface area contributed by atoms with Gasteiger partial charge in [0.1, 0.15) is 0 Å². The average Bonchev–Trinajstić information content (AvgIpc) is 2.70. The molecule has 0 bridgehead atoms. The maximum atomic E-state index is 13.4. The number of anilines is 2. The summed E-state index contributed by atoms with van der Waals surface area (Å²) in [6, 6.07) is 7.79. The first-order valence-electron chi connectivity index (χ1n) is 8.31. The van der Waals surface area contributed by atoms with Gasteiger partial charge in [-0.2, -0.15) is 0 Å². The third kappa shape index (κ3) is 4.22. The van der Waals surface area contributed by atoms with E-state index in [1.54, 1.807) is 18.2 Å². The molecule has 6 nitrogen and oxygen atoms in total. The quantitative estimate of drug-likeness (QED) is 0.832. The number of amides is 1. The standard InChI is InChI=1S/C19H18F2N2O4/c1-26-19(25)14-11-13(23-6-8-27-9-7-23)3-5-17(14)22-18(24)12-2-4-15(20)16(21)10-12/h2-5,10-11H,6-9H2,1H3,(H,22,24). The van der Waals surface area contributed by atoms with E-state index in [4.69, 9.17) is 9.47 Å². The van der Waals surface area contributed by atoms with Gasteiger partial charge in [-0.15, -0.1) is 0 Å². The summed E-state index contributed by atoms with van der Waals surface area (Å²) in [5.74, 6) is -3.46. The normalized spacial score (nSPS) is 14.0. The van der Waals surface area contributed by atoms with E-state index >= 15 is 0 Å². The van der Waals surface area contributed by atoms with Crippen LogP contribution in [0.4, 0.5) is 20.2 Å². The molecule has 0 saturated carbocycles. The Kier molecular flexibility index (Phi) is 5.66. The van der Waals surface area contributed by atoms with Crippen LogP contribution in [0.5, 0.6) is 0 Å². The Bertz CT molecular complexity index is 867. The van der Waals surface area contributed by atoms with Crippen LogP contribution in [0.15, 0.2) is 36.4 Å². The molecule has 3 rings (SSSR count). The molecule has 2 aromatic carbocycles. The summed E-state index contributed by atoms with van der Waals surface area (Å²) >= 11 is 0. The predicted octanol–water partition coefficient (Wildman–Crippen LogP) is 2.84. The molecule has 1 heterocycles. The monoisotopic (exact) mass is 376 g/mol. The Morgan fingerprint density at radius 2 is 1.81 bits per heavy atom. The number of morpholine rings is 1. The van der Waals surface area contributed by atoms with Crippen LogP contribution in [0.1, 0.15) is 20.7 Å². The number of rotatable bonds is 4. The highest BCUT2D eigenvalue weighted by Gasteiger charge is 2.19. The van der Waals surface area contributed by atoms with Crippen LogP contribution in [0.25, 0.3) is 0 Å². The maximum absolute atomic E-state index is 13.4. The van der Waals surface area contributed by atoms with Crippen molar-refractivity contribution in [1.82, 2.24) is 0 Å². The third-order valence-electron chi connectivity index (χ3n) is 4.21. The van der Waals surface area contributed by atoms with Gasteiger partial charge in [0.05, 0.1) is 31.6 Å². The number of benzene rings is 2. The van der Waals surface area contributed by atoms with Crippen molar-refractivity contribution in [2.45, 2.75) is 0 Å². The lowest BCUT2D eigenvalue weighted by Gasteiger charge is -2.29. The molecule has 0 aliphatic carbocycles. The van der Waals surface area contributed by atoms with Gasteiger partial charge in [-0.3, -0.25) is 4.79 Å². The number of halogens is 2. The van der Waals surface area contributed by atoms with Crippen LogP contribution >= 0.6 is 0 Å². The number of hydrogen-bond acceptors (Lipinski definition) is 5. The van der Waals surface area contributed by atoms with Crippen LogP contribution in [0.3, 0.4) is 0 Å². The molecule has 1 N–H and O–H groups in total. The fourth-order valence-corrected chi connectivity index (χ4v) is 2.77. The minimum absolute atomic E-state index is 0.0676. The predicted molar refractivity (Wildman–Crippen MR) is 95.1 cm³/mol. The number of carbonyl (C=O) groups is 2. The molecule has 8 heteroatoms. The lowest BCUT2D eigenvalue weighted by molar-refractivity contribution is 0.0602. The average molecular weight is 376 g/mol. The number of methoxy groups -OCH3 is 1. The van der Waals surface area contributed by atoms with E-state index in [9.17, 15) is 18.4 Å². The summed E-state index contributed by atoms with van der Waals surface area (Å²) in [5.41, 5.74) is 1.11. The van der Waals surface area contributed by atoms with Gasteiger partial charge in [0.2, 0.25) is 0 Å². The topological polar surface area (TPSA) is 67.9 Å². The van der Waals surface area contributed by atoms with Gasteiger partial charge in [0.15, 0.2) is 11.6 Å². The molecule has 142 valence electrons. The zero-order valence-corrected chi connectivity index (χ0v) is 14.6. The Hall–Kier alpha value is -3.00. The Labute approximate surface area is 154 Å². The molecule has 1 fully saturated rings. The lowest BCUT2D eigenvalue weighted by atomic mass is 10.1. The van der Waals surface area contributed by atoms with Crippen molar-refractivity contribution in [2.24, 2.45) is 0 Å². The van der Waals surface area contributed by atoms with Gasteiger partial charge in [0, 0.05) is 24.3 Å². The largest absolute Gasteiger partial charge is 0.465 e. The lowest BCUT2D eigenvalue weighted by Crippen LogP contribution is -2.36. The molecule has 1 aliphatic heterocycles. The zero-order valence-electron chi connectivity index (χ0n) is 14.6. The minimum Gasteiger partial charge on any atom is -0.465 e. The van der Waals surface area contributed by atoms with E-state index in [0.717, 1.165) is 23.9 Å². The molecule has 0 radical (unpaired) electrons. The van der Waals surface area contributed by atoms with Gasteiger partial charge in [-0.25, -0.2) is 13.6 Å². The molecule has 1 amide bonds. The fraction of sp³-hybridized carbons (Fsp3) is 0.263. The van der Waals surface area contributed by atoms with E-state index < -0.39 is 23.5 Å². The SMILES string of the molecule is COC(=O)c1cc(N2CCOCC2)ccc1NC(=O)c1ccc(F)c(F)c1. The Balaban J connectivity index is 1.88. The second-order valence-corrected chi connectivity index (χ2v) is 5.90. The third-order valence-corrected chi connectivity index (χ3v) is 4.21. The molecule has 0 spiro atoms. The molecule has 1 saturated heterocycles. The zero-order chi connectivity index (χ0) is 19.4. The van der Waals surface area contributed by atoms with E-state index in [1.165, 1.54) is 7.11 Å². The van der Waals surface area contributed by atoms with Gasteiger partial charge < -0.3 is 19.7 Å². The minimum atomic E-state index is -1.13. The molecule has 27 heavy (non-hydrogen) atoms. The molecule has 0 unspecified atom stereocenters. The number of nitrogens with one attached hydrogen (secondary N) is 1. The Morgan fingerprint density at radius 1 is 1.07 bits per heavy atom. The summed E-state index contributed by atoms with van der Waals surface area (Å²) in [7, 11) is 1.24. The first kappa shape index (κ1) is 18.8. The number of carbonyl (C=O) groups excluding carboxylic acids is 2. The first-order valence-corrected chi connectivity index (χ1v) is 8.31. The van der Waals surface area contributed by atoms with Crippen LogP contribution in [0, 0.1) is 11.6 Å². The summed E-state index contributed by atoms with van der Waals surface area (Å²) < 4.78 is 36.5. The molecular formula is C19H18F2N2O4. The van der Waals surface area contributed by atoms with E-state index in [0.29, 0.717) is 26.3 Å². The summed E-state index contributed by atoms with van der Waals surface area (Å²) in [6.07, 6.45) is 0. The fourth-order valence-electron chi connectivity index (χ4n) is 2.77. The molecule has 1 aliphatic rings. The number of esters is 1. The molecule has 0 atom stereocenters. The van der Waals surface area contributed by atoms with Gasteiger partial charge in [-0.05, 0) is 36.4 Å². The van der Waals surface area contributed by atoms with Crippen LogP contribution in [-0.2, 0) is 9.47 Å². The Morgan fingerprint density at radius 3 is 2.48 bits per heavy atom. The number of hydrogen-bond donors (Lipinski definition) is 1. The van der Waals surface area contributed by atoms with Crippen molar-refractivity contribution in [3.05, 3.63) is 59.2 Å². The van der Waals surface area contributed by atoms with Crippen molar-refractivity contribution < 1.29 is 27.8 Å². The molecular weight excluding hydrogens is 358 g/mol. The van der Waals surface area contributed by atoms with Crippen molar-refractivity contribution in [3.8, 4) is 0 Å². The summed E-state index contributed by atoms with van der Waals surface area (Å²) in [5, 5.41) is 2.55. The van der Waals surface area contributed by atoms with Crippen molar-refractivity contribution in [1.29, 1.82) is 0 Å². The maximum Gasteiger partial charge on any atom is 0.340 e. The summed E-state index contributed by atoms with van der Waals surface area (Å²) in [4.78, 5) is 26.6. The highest BCUT2D eigenvalue weighted by Crippen LogP contribution is 2.25. The second-order valence-electron chi connectivity index (χ2n) is 5.90. The van der Waals surface area contributed by atoms with Gasteiger partial charge in [-0.1, -0.05) is 0 Å². The highest BCUT2D eigenvalue weighted by atomic mass is 19.2. The van der Waals surface area contributed by atoms with Gasteiger partial charge in [0.25, 0.3) is 5.91 Å². The molecule has 2 aromatic rings. The van der Waals surface area contributed by atoms with Crippen LogP contribution < -0.4 is 10.2 Å². The first-order chi connectivity index (χ1) is 13.0. The van der Waals surface area contributed by atoms with Crippen molar-refractivity contribution in [2.75, 3.05) is 43.6 Å². The number of nitrogens with zero attached hydrogens (tertiary/aromatic N) is 1. The smallest absolute Gasteiger partial charge is 0.340 e. The van der Waals surface area contributed by atoms with E-state index in [1.807, 2.05) is 0 Å². The van der Waals surface area contributed by atoms with Crippen molar-refractivity contribution >= 4 is 23.3 Å².